The molecule has 0 saturated carbocycles. The predicted octanol–water partition coefficient (Wildman–Crippen LogP) is 4.66. The minimum absolute atomic E-state index is 0.626. The zero-order chi connectivity index (χ0) is 14.7. The fourth-order valence-electron chi connectivity index (χ4n) is 2.63. The molecule has 1 saturated heterocycles. The van der Waals surface area contributed by atoms with Gasteiger partial charge in [0, 0.05) is 28.9 Å². The number of benzene rings is 2. The zero-order valence-corrected chi connectivity index (χ0v) is 13.2. The Labute approximate surface area is 133 Å². The summed E-state index contributed by atoms with van der Waals surface area (Å²) in [6, 6.07) is 16.3. The van der Waals surface area contributed by atoms with Gasteiger partial charge in [0.2, 0.25) is 0 Å². The first-order valence-corrected chi connectivity index (χ1v) is 7.88. The van der Waals surface area contributed by atoms with Crippen LogP contribution in [0.3, 0.4) is 0 Å². The summed E-state index contributed by atoms with van der Waals surface area (Å²) in [7, 11) is 0. The summed E-state index contributed by atoms with van der Waals surface area (Å²) < 4.78 is 0.809. The maximum Gasteiger partial charge on any atom is 0.103 e. The molecule has 0 unspecified atom stereocenters. The quantitative estimate of drug-likeness (QED) is 0.881. The lowest BCUT2D eigenvalue weighted by Gasteiger charge is -2.18. The number of rotatable bonds is 3. The Morgan fingerprint density at radius 2 is 1.76 bits per heavy atom. The van der Waals surface area contributed by atoms with E-state index < -0.39 is 0 Å². The minimum atomic E-state index is 0.626. The summed E-state index contributed by atoms with van der Waals surface area (Å²) in [4.78, 5) is 2.41. The Morgan fingerprint density at radius 1 is 1.05 bits per heavy atom. The van der Waals surface area contributed by atoms with Gasteiger partial charge in [-0.1, -0.05) is 6.07 Å². The van der Waals surface area contributed by atoms with Crippen LogP contribution in [0.25, 0.3) is 0 Å². The van der Waals surface area contributed by atoms with Gasteiger partial charge in [0.25, 0.3) is 0 Å². The molecule has 0 atom stereocenters. The molecule has 0 aromatic heterocycles. The van der Waals surface area contributed by atoms with Crippen LogP contribution in [0.15, 0.2) is 46.9 Å². The average molecular weight is 342 g/mol. The Morgan fingerprint density at radius 3 is 2.43 bits per heavy atom. The van der Waals surface area contributed by atoms with E-state index in [1.165, 1.54) is 18.5 Å². The van der Waals surface area contributed by atoms with E-state index in [1.54, 1.807) is 0 Å². The molecular weight excluding hydrogens is 326 g/mol. The Bertz CT molecular complexity index is 667. The topological polar surface area (TPSA) is 39.1 Å². The van der Waals surface area contributed by atoms with E-state index in [4.69, 9.17) is 0 Å². The fourth-order valence-corrected chi connectivity index (χ4v) is 3.08. The first-order valence-electron chi connectivity index (χ1n) is 7.08. The number of hydrogen-bond acceptors (Lipinski definition) is 3. The summed E-state index contributed by atoms with van der Waals surface area (Å²) in [6.07, 6.45) is 2.56. The first kappa shape index (κ1) is 14.0. The van der Waals surface area contributed by atoms with Crippen molar-refractivity contribution >= 4 is 33.0 Å². The fraction of sp³-hybridized carbons (Fsp3) is 0.235. The van der Waals surface area contributed by atoms with Crippen LogP contribution in [0.4, 0.5) is 17.1 Å². The number of hydrogen-bond donors (Lipinski definition) is 1. The normalized spacial score (nSPS) is 14.0. The van der Waals surface area contributed by atoms with Gasteiger partial charge in [-0.15, -0.1) is 0 Å². The SMILES string of the molecule is N#Cc1c(Br)cccc1Nc1ccc(N2CCCC2)cc1. The molecule has 1 aliphatic heterocycles. The second kappa shape index (κ2) is 6.19. The molecule has 1 fully saturated rings. The molecular formula is C17H16BrN3. The van der Waals surface area contributed by atoms with Gasteiger partial charge in [-0.3, -0.25) is 0 Å². The van der Waals surface area contributed by atoms with Crippen molar-refractivity contribution in [3.63, 3.8) is 0 Å². The van der Waals surface area contributed by atoms with Gasteiger partial charge in [-0.2, -0.15) is 5.26 Å². The molecule has 106 valence electrons. The smallest absolute Gasteiger partial charge is 0.103 e. The Balaban J connectivity index is 1.79. The van der Waals surface area contributed by atoms with E-state index in [-0.39, 0.29) is 0 Å². The van der Waals surface area contributed by atoms with Crippen LogP contribution in [-0.4, -0.2) is 13.1 Å². The van der Waals surface area contributed by atoms with E-state index in [2.05, 4.69) is 56.5 Å². The molecule has 0 spiro atoms. The third kappa shape index (κ3) is 3.03. The highest BCUT2D eigenvalue weighted by molar-refractivity contribution is 9.10. The number of anilines is 3. The van der Waals surface area contributed by atoms with Crippen molar-refractivity contribution in [3.05, 3.63) is 52.5 Å². The lowest BCUT2D eigenvalue weighted by atomic mass is 10.2. The van der Waals surface area contributed by atoms with Crippen molar-refractivity contribution in [1.82, 2.24) is 0 Å². The van der Waals surface area contributed by atoms with E-state index in [0.717, 1.165) is 28.9 Å². The maximum atomic E-state index is 9.24. The number of nitrogens with one attached hydrogen (secondary N) is 1. The number of nitrogens with zero attached hydrogens (tertiary/aromatic N) is 2. The van der Waals surface area contributed by atoms with Gasteiger partial charge in [-0.25, -0.2) is 0 Å². The average Bonchev–Trinajstić information content (AvgIpc) is 3.03. The first-order chi connectivity index (χ1) is 10.3. The molecule has 0 bridgehead atoms. The second-order valence-electron chi connectivity index (χ2n) is 5.14. The second-order valence-corrected chi connectivity index (χ2v) is 5.99. The highest BCUT2D eigenvalue weighted by Crippen LogP contribution is 2.28. The molecule has 2 aromatic carbocycles. The lowest BCUT2D eigenvalue weighted by Crippen LogP contribution is -2.17. The van der Waals surface area contributed by atoms with Crippen molar-refractivity contribution in [3.8, 4) is 6.07 Å². The van der Waals surface area contributed by atoms with E-state index >= 15 is 0 Å². The third-order valence-corrected chi connectivity index (χ3v) is 4.40. The summed E-state index contributed by atoms with van der Waals surface area (Å²) >= 11 is 3.41. The highest BCUT2D eigenvalue weighted by atomic mass is 79.9. The summed E-state index contributed by atoms with van der Waals surface area (Å²) in [5.74, 6) is 0. The van der Waals surface area contributed by atoms with Crippen LogP contribution in [0, 0.1) is 11.3 Å². The van der Waals surface area contributed by atoms with Crippen molar-refractivity contribution < 1.29 is 0 Å². The molecule has 0 amide bonds. The molecule has 4 heteroatoms. The molecule has 21 heavy (non-hydrogen) atoms. The van der Waals surface area contributed by atoms with Crippen molar-refractivity contribution in [2.75, 3.05) is 23.3 Å². The van der Waals surface area contributed by atoms with Crippen LogP contribution in [-0.2, 0) is 0 Å². The summed E-state index contributed by atoms with van der Waals surface area (Å²) in [5.41, 5.74) is 3.71. The molecule has 2 aromatic rings. The van der Waals surface area contributed by atoms with Crippen molar-refractivity contribution in [1.29, 1.82) is 5.26 Å². The van der Waals surface area contributed by atoms with Gasteiger partial charge in [-0.05, 0) is 65.2 Å². The van der Waals surface area contributed by atoms with E-state index in [9.17, 15) is 5.26 Å². The van der Waals surface area contributed by atoms with E-state index in [0.29, 0.717) is 5.56 Å². The summed E-state index contributed by atoms with van der Waals surface area (Å²) in [6.45, 7) is 2.30. The van der Waals surface area contributed by atoms with Crippen LogP contribution in [0.5, 0.6) is 0 Å². The molecule has 1 N–H and O–H groups in total. The van der Waals surface area contributed by atoms with Gasteiger partial charge >= 0.3 is 0 Å². The van der Waals surface area contributed by atoms with E-state index in [1.807, 2.05) is 18.2 Å². The van der Waals surface area contributed by atoms with Gasteiger partial charge in [0.1, 0.15) is 6.07 Å². The standard InChI is InChI=1S/C17H16BrN3/c18-16-4-3-5-17(15(16)12-19)20-13-6-8-14(9-7-13)21-10-1-2-11-21/h3-9,20H,1-2,10-11H2. The molecule has 3 rings (SSSR count). The number of nitriles is 1. The van der Waals surface area contributed by atoms with Gasteiger partial charge < -0.3 is 10.2 Å². The van der Waals surface area contributed by atoms with Gasteiger partial charge in [0.15, 0.2) is 0 Å². The Hall–Kier alpha value is -1.99. The molecule has 3 nitrogen and oxygen atoms in total. The van der Waals surface area contributed by atoms with Crippen LogP contribution in [0.2, 0.25) is 0 Å². The highest BCUT2D eigenvalue weighted by Gasteiger charge is 2.12. The zero-order valence-electron chi connectivity index (χ0n) is 11.6. The van der Waals surface area contributed by atoms with Gasteiger partial charge in [0.05, 0.1) is 11.3 Å². The van der Waals surface area contributed by atoms with Crippen LogP contribution in [0.1, 0.15) is 18.4 Å². The molecule has 1 aliphatic rings. The minimum Gasteiger partial charge on any atom is -0.372 e. The van der Waals surface area contributed by atoms with Crippen molar-refractivity contribution in [2.24, 2.45) is 0 Å². The largest absolute Gasteiger partial charge is 0.372 e. The molecule has 1 heterocycles. The Kier molecular flexibility index (Phi) is 4.12. The van der Waals surface area contributed by atoms with Crippen LogP contribution < -0.4 is 10.2 Å². The number of halogens is 1. The molecule has 0 radical (unpaired) electrons. The molecule has 0 aliphatic carbocycles. The monoisotopic (exact) mass is 341 g/mol. The maximum absolute atomic E-state index is 9.24. The predicted molar refractivity (Wildman–Crippen MR) is 90.0 cm³/mol. The van der Waals surface area contributed by atoms with Crippen molar-refractivity contribution in [2.45, 2.75) is 12.8 Å². The summed E-state index contributed by atoms with van der Waals surface area (Å²) in [5, 5.41) is 12.5. The van der Waals surface area contributed by atoms with Crippen LogP contribution >= 0.6 is 15.9 Å². The lowest BCUT2D eigenvalue weighted by molar-refractivity contribution is 0.949. The third-order valence-electron chi connectivity index (χ3n) is 3.74.